The Balaban J connectivity index is 0.000000137. The quantitative estimate of drug-likeness (QED) is 0.0764. The van der Waals surface area contributed by atoms with E-state index in [0.717, 1.165) is 17.4 Å². The normalized spacial score (nSPS) is 14.1. The second kappa shape index (κ2) is 41.3. The molecule has 2 fully saturated rings. The van der Waals surface area contributed by atoms with Gasteiger partial charge in [0.15, 0.2) is 31.0 Å². The molecule has 0 spiro atoms. The molecule has 11 aromatic carbocycles. The summed E-state index contributed by atoms with van der Waals surface area (Å²) in [5.74, 6) is 1.44. The highest BCUT2D eigenvalue weighted by molar-refractivity contribution is 7.00. The third kappa shape index (κ3) is 21.8. The molecular formula is C129H162N5Si3+5. The van der Waals surface area contributed by atoms with Gasteiger partial charge >= 0.3 is 0 Å². The summed E-state index contributed by atoms with van der Waals surface area (Å²) in [6.45, 7) is 64.7. The highest BCUT2D eigenvalue weighted by atomic mass is 28.3. The van der Waals surface area contributed by atoms with E-state index in [9.17, 15) is 0 Å². The second-order valence-electron chi connectivity index (χ2n) is 45.3. The van der Waals surface area contributed by atoms with E-state index in [-0.39, 0.29) is 0 Å². The van der Waals surface area contributed by atoms with Crippen LogP contribution in [0, 0.1) is 115 Å². The molecule has 137 heavy (non-hydrogen) atoms. The van der Waals surface area contributed by atoms with Crippen LogP contribution in [0.1, 0.15) is 212 Å². The smallest absolute Gasteiger partial charge is 0.200 e. The molecule has 5 aromatic heterocycles. The predicted octanol–water partition coefficient (Wildman–Crippen LogP) is 30.1. The summed E-state index contributed by atoms with van der Waals surface area (Å²) in [5, 5.41) is 19.5. The van der Waals surface area contributed by atoms with Crippen LogP contribution in [-0.2, 0) is 35.2 Å². The van der Waals surface area contributed by atoms with Crippen molar-refractivity contribution in [3.05, 3.63) is 338 Å². The van der Waals surface area contributed by atoms with Crippen LogP contribution in [0.4, 0.5) is 0 Å². The lowest BCUT2D eigenvalue weighted by Gasteiger charge is -2.39. The summed E-state index contributed by atoms with van der Waals surface area (Å²) in [6, 6.07) is 81.3. The third-order valence-corrected chi connectivity index (χ3v) is 43.4. The van der Waals surface area contributed by atoms with Crippen LogP contribution in [0.5, 0.6) is 0 Å². The Kier molecular flexibility index (Phi) is 30.7. The van der Waals surface area contributed by atoms with Crippen molar-refractivity contribution in [3.8, 4) is 56.3 Å². The Morgan fingerprint density at radius 1 is 0.292 bits per heavy atom. The van der Waals surface area contributed by atoms with Gasteiger partial charge in [-0.15, -0.1) is 0 Å². The average molecular weight is 1870 g/mol. The van der Waals surface area contributed by atoms with Gasteiger partial charge in [-0.25, -0.2) is 22.8 Å². The van der Waals surface area contributed by atoms with Gasteiger partial charge in [0, 0.05) is 30.3 Å². The summed E-state index contributed by atoms with van der Waals surface area (Å²) in [6.07, 6.45) is 24.5. The molecule has 0 radical (unpaired) electrons. The van der Waals surface area contributed by atoms with Crippen LogP contribution in [0.3, 0.4) is 0 Å². The molecule has 0 unspecified atom stereocenters. The maximum atomic E-state index is 2.48. The zero-order valence-corrected chi connectivity index (χ0v) is 93.1. The summed E-state index contributed by atoms with van der Waals surface area (Å²) in [7, 11) is 6.38. The molecule has 0 aliphatic heterocycles. The largest absolute Gasteiger partial charge is 0.220 e. The molecule has 18 rings (SSSR count). The van der Waals surface area contributed by atoms with Gasteiger partial charge in [-0.2, -0.15) is 0 Å². The maximum absolute atomic E-state index is 2.48. The van der Waals surface area contributed by atoms with Crippen LogP contribution in [0.25, 0.3) is 110 Å². The second-order valence-corrected chi connectivity index (χ2v) is 59.9. The fourth-order valence-electron chi connectivity index (χ4n) is 22.4. The number of fused-ring (bicyclic) bond motifs is 5. The lowest BCUT2D eigenvalue weighted by atomic mass is 9.66. The molecular weight excluding hydrogens is 1700 g/mol. The molecule has 2 aliphatic rings. The molecule has 8 heteroatoms. The highest BCUT2D eigenvalue weighted by Gasteiger charge is 2.36. The monoisotopic (exact) mass is 1870 g/mol. The molecule has 5 nitrogen and oxygen atoms in total. The number of benzene rings is 11. The van der Waals surface area contributed by atoms with Crippen molar-refractivity contribution in [3.63, 3.8) is 0 Å². The van der Waals surface area contributed by atoms with E-state index in [1.807, 2.05) is 0 Å². The van der Waals surface area contributed by atoms with Crippen molar-refractivity contribution in [1.29, 1.82) is 0 Å². The molecule has 2 aliphatic carbocycles. The van der Waals surface area contributed by atoms with Crippen LogP contribution < -0.4 is 43.6 Å². The first-order valence-corrected chi connectivity index (χ1v) is 60.9. The standard InChI is InChI=1S/C29H38N.C27H30NSi.C27H34N.C24H32NSi.C22H28NSi/c1-7-29(8-2)14-11-23(12-15-29)24-9-10-26-25(19-24)13-16-30(6)28(26)27-18-20(3)17-21(4)22(27)5;1-19-16-20(2)21(3)26(17-19)27-25-13-12-24(18-22(25)14-15-28(27)4)29(5,6)23-10-8-7-9-11-23;1-18-15-19(2)20(3)25(16-18)26-24-8-7-22(17-23(24)11-14-28(26)6)21-9-12-27(4,5)13-10-21;1-16(2)26(7,8)21-9-10-22-20(15-21)11-12-25(6)24(22)23-14-17(3)13-18(4)19(23)5;1-15-12-16(2)17(3)21(13-15)22-20-9-8-19(24(5,6)7)14-18(20)10-11-23(22)4/h9-10,13,16-19,23H,7-8,11-12,14-15H2,1-6H3;7-18H,1-6H3;7-8,11,14-17,21H,9-10,12-13H2,1-6H3;9-16H,1-8H3;8-14H,1-7H3/q5*+1. The molecule has 5 heterocycles. The van der Waals surface area contributed by atoms with Crippen molar-refractivity contribution in [2.75, 3.05) is 0 Å². The lowest BCUT2D eigenvalue weighted by Crippen LogP contribution is -2.52. The molecule has 0 N–H and O–H groups in total. The number of aromatic nitrogens is 5. The highest BCUT2D eigenvalue weighted by Crippen LogP contribution is 2.49. The maximum Gasteiger partial charge on any atom is 0.220 e. The topological polar surface area (TPSA) is 19.4 Å². The number of hydrogen-bond donors (Lipinski definition) is 0. The van der Waals surface area contributed by atoms with E-state index < -0.39 is 24.2 Å². The van der Waals surface area contributed by atoms with Gasteiger partial charge in [0.05, 0.1) is 70.9 Å². The number of pyridine rings is 5. The Morgan fingerprint density at radius 3 is 0.847 bits per heavy atom. The first-order valence-electron chi connectivity index (χ1n) is 51.3. The van der Waals surface area contributed by atoms with Crippen molar-refractivity contribution < 1.29 is 22.8 Å². The number of hydrogen-bond acceptors (Lipinski definition) is 0. The summed E-state index contributed by atoms with van der Waals surface area (Å²) < 4.78 is 11.4. The number of rotatable bonds is 14. The molecule has 0 atom stereocenters. The van der Waals surface area contributed by atoms with Crippen LogP contribution in [0.15, 0.2) is 243 Å². The zero-order chi connectivity index (χ0) is 99.1. The van der Waals surface area contributed by atoms with Crippen molar-refractivity contribution in [2.45, 2.75) is 273 Å². The zero-order valence-electron chi connectivity index (χ0n) is 90.1. The minimum absolute atomic E-state index is 0.523. The predicted molar refractivity (Wildman–Crippen MR) is 601 cm³/mol. The Labute approximate surface area is 828 Å². The lowest BCUT2D eigenvalue weighted by molar-refractivity contribution is -0.659. The van der Waals surface area contributed by atoms with Gasteiger partial charge in [-0.05, 0) is 338 Å². The minimum atomic E-state index is -1.72. The SMILES string of the molecule is CCC1(CC)CCC(c2ccc3c(-c4cc(C)cc(C)c4C)[n+](C)ccc3c2)CC1.Cc1cc(C)c(C)c(-c2c3ccc(C4CCC(C)(C)CC4)cc3cc[n+]2C)c1.Cc1cc(C)c(C)c(-c2c3ccc([Si](C)(C)C(C)C)cc3cc[n+]2C)c1.Cc1cc(C)c(C)c(-c2c3ccc([Si](C)(C)C)cc3cc[n+]2C)c1.Cc1cc(C)c(C)c(-c2c3ccc([Si](C)(C)c4ccccc4)cc3cc[n+]2C)c1. The molecule has 16 aromatic rings. The molecule has 710 valence electrons. The fraction of sp³-hybridized carbons (Fsp3) is 0.372. The molecule has 0 saturated heterocycles. The summed E-state index contributed by atoms with van der Waals surface area (Å²) in [5.41, 5.74) is 38.6. The van der Waals surface area contributed by atoms with Crippen LogP contribution in [-0.4, -0.2) is 24.2 Å². The van der Waals surface area contributed by atoms with E-state index in [4.69, 9.17) is 0 Å². The van der Waals surface area contributed by atoms with Gasteiger partial charge < -0.3 is 0 Å². The van der Waals surface area contributed by atoms with E-state index >= 15 is 0 Å². The van der Waals surface area contributed by atoms with E-state index in [1.165, 1.54) is 279 Å². The summed E-state index contributed by atoms with van der Waals surface area (Å²) in [4.78, 5) is 0. The Hall–Kier alpha value is -10.9. The van der Waals surface area contributed by atoms with Gasteiger partial charge in [0.2, 0.25) is 28.5 Å². The van der Waals surface area contributed by atoms with E-state index in [0.29, 0.717) is 10.8 Å². The van der Waals surface area contributed by atoms with Crippen LogP contribution in [0.2, 0.25) is 51.4 Å². The first kappa shape index (κ1) is 102. The number of nitrogens with zero attached hydrogens (tertiary/aromatic N) is 5. The van der Waals surface area contributed by atoms with Gasteiger partial charge in [0.25, 0.3) is 0 Å². The Morgan fingerprint density at radius 2 is 0.555 bits per heavy atom. The fourth-order valence-corrected chi connectivity index (χ4v) is 27.6. The van der Waals surface area contributed by atoms with Gasteiger partial charge in [-0.1, -0.05) is 270 Å². The van der Waals surface area contributed by atoms with Gasteiger partial charge in [0.1, 0.15) is 43.3 Å². The van der Waals surface area contributed by atoms with Crippen molar-refractivity contribution in [1.82, 2.24) is 0 Å². The first-order chi connectivity index (χ1) is 64.7. The van der Waals surface area contributed by atoms with E-state index in [1.54, 1.807) is 10.8 Å². The summed E-state index contributed by atoms with van der Waals surface area (Å²) >= 11 is 0. The molecule has 0 bridgehead atoms. The van der Waals surface area contributed by atoms with Gasteiger partial charge in [-0.3, -0.25) is 0 Å². The Bertz CT molecular complexity index is 7210. The minimum Gasteiger partial charge on any atom is -0.200 e. The number of aryl methyl sites for hydroxylation is 15. The average Bonchev–Trinajstić information content (AvgIpc) is 0.766. The molecule has 0 amide bonds. The van der Waals surface area contributed by atoms with Crippen molar-refractivity contribution in [2.24, 2.45) is 46.1 Å². The molecule has 2 saturated carbocycles. The third-order valence-electron chi connectivity index (χ3n) is 33.2. The van der Waals surface area contributed by atoms with Crippen molar-refractivity contribution >= 4 is 98.8 Å². The van der Waals surface area contributed by atoms with Crippen LogP contribution >= 0.6 is 0 Å². The van der Waals surface area contributed by atoms with E-state index in [2.05, 4.69) is 493 Å².